The predicted molar refractivity (Wildman–Crippen MR) is 59.8 cm³/mol. The van der Waals surface area contributed by atoms with Gasteiger partial charge in [-0.3, -0.25) is 0 Å². The molecular weight excluding hydrogens is 181 g/mol. The quantitative estimate of drug-likeness (QED) is 0.627. The van der Waals surface area contributed by atoms with E-state index in [1.54, 1.807) is 0 Å². The van der Waals surface area contributed by atoms with E-state index in [-0.39, 0.29) is 29.7 Å². The molecule has 0 saturated carbocycles. The van der Waals surface area contributed by atoms with Gasteiger partial charge in [-0.15, -0.1) is 0 Å². The summed E-state index contributed by atoms with van der Waals surface area (Å²) < 4.78 is 4.82. The lowest BCUT2D eigenvalue weighted by atomic mass is 10.9. The average Bonchev–Trinajstić information content (AvgIpc) is 2.08. The van der Waals surface area contributed by atoms with Gasteiger partial charge in [-0.2, -0.15) is 0 Å². The predicted octanol–water partition coefficient (Wildman–Crippen LogP) is 1.49. The van der Waals surface area contributed by atoms with Gasteiger partial charge in [0.25, 0.3) is 14.1 Å². The van der Waals surface area contributed by atoms with E-state index in [0.717, 1.165) is 16.6 Å². The molecular formula is C7H21Al3O. The van der Waals surface area contributed by atoms with Crippen molar-refractivity contribution in [3.05, 3.63) is 0 Å². The first-order valence-corrected chi connectivity index (χ1v) is 10.0. The minimum absolute atomic E-state index is 0.0139. The Balaban J connectivity index is 0. The van der Waals surface area contributed by atoms with Crippen LogP contribution in [0.3, 0.4) is 0 Å². The second kappa shape index (κ2) is 14.1. The topological polar surface area (TPSA) is 9.23 Å². The van der Waals surface area contributed by atoms with Crippen LogP contribution in [0.4, 0.5) is 0 Å². The molecule has 0 aromatic heterocycles. The van der Waals surface area contributed by atoms with Crippen LogP contribution in [0.1, 0.15) is 20.8 Å². The summed E-state index contributed by atoms with van der Waals surface area (Å²) in [5, 5.41) is 4.48. The van der Waals surface area contributed by atoms with E-state index >= 15 is 0 Å². The van der Waals surface area contributed by atoms with Crippen molar-refractivity contribution < 1.29 is 2.84 Å². The number of hydrogen-bond donors (Lipinski definition) is 0. The van der Waals surface area contributed by atoms with Crippen LogP contribution in [0.15, 0.2) is 0 Å². The Bertz CT molecular complexity index is 50.1. The molecule has 0 amide bonds. The first-order valence-electron chi connectivity index (χ1n) is 4.75. The maximum atomic E-state index is 4.82. The molecule has 1 nitrogen and oxygen atoms in total. The summed E-state index contributed by atoms with van der Waals surface area (Å²) in [6, 6.07) is 0. The molecule has 64 valence electrons. The Kier molecular flexibility index (Phi) is 19.3. The summed E-state index contributed by atoms with van der Waals surface area (Å²) in [5.41, 5.74) is 0. The highest BCUT2D eigenvalue weighted by atomic mass is 27.2. The van der Waals surface area contributed by atoms with Crippen LogP contribution in [0.5, 0.6) is 0 Å². The van der Waals surface area contributed by atoms with Gasteiger partial charge in [0.1, 0.15) is 0 Å². The largest absolute Gasteiger partial charge is 0.645 e. The second-order valence-electron chi connectivity index (χ2n) is 2.67. The summed E-state index contributed by atoms with van der Waals surface area (Å²) in [5.74, 6) is 2.13. The molecule has 11 heavy (non-hydrogen) atoms. The first-order chi connectivity index (χ1) is 5.26. The maximum absolute atomic E-state index is 4.82. The lowest BCUT2D eigenvalue weighted by Crippen LogP contribution is -2.04. The molecule has 0 bridgehead atoms. The molecule has 0 aliphatic carbocycles. The van der Waals surface area contributed by atoms with Gasteiger partial charge in [0.15, 0.2) is 0 Å². The average molecular weight is 202 g/mol. The van der Waals surface area contributed by atoms with Crippen LogP contribution in [-0.2, 0) is 2.84 Å². The van der Waals surface area contributed by atoms with Crippen LogP contribution >= 0.6 is 0 Å². The van der Waals surface area contributed by atoms with Gasteiger partial charge >= 0.3 is 32.2 Å². The summed E-state index contributed by atoms with van der Waals surface area (Å²) in [4.78, 5) is 0. The summed E-state index contributed by atoms with van der Waals surface area (Å²) in [6.45, 7) is 6.97. The van der Waals surface area contributed by atoms with E-state index < -0.39 is 0 Å². The fraction of sp³-hybridized carbons (Fsp3) is 1.00. The highest BCUT2D eigenvalue weighted by Crippen LogP contribution is 2.01. The summed E-state index contributed by atoms with van der Waals surface area (Å²) in [7, 11) is 0. The number of hydrogen-bond acceptors (Lipinski definition) is 1. The zero-order valence-corrected chi connectivity index (χ0v) is 13.4. The van der Waals surface area contributed by atoms with Crippen molar-refractivity contribution >= 4 is 46.3 Å². The second-order valence-corrected chi connectivity index (χ2v) is 9.74. The monoisotopic (exact) mass is 202 g/mol. The normalized spacial score (nSPS) is 8.00. The smallest absolute Gasteiger partial charge is 0.401 e. The fourth-order valence-electron chi connectivity index (χ4n) is 0.866. The number of rotatable bonds is 4. The van der Waals surface area contributed by atoms with Gasteiger partial charge in [-0.25, -0.2) is 0 Å². The van der Waals surface area contributed by atoms with E-state index in [0.29, 0.717) is 0 Å². The third-order valence-corrected chi connectivity index (χ3v) is 7.79. The van der Waals surface area contributed by atoms with E-state index in [1.807, 2.05) is 0 Å². The van der Waals surface area contributed by atoms with Gasteiger partial charge in [-0.1, -0.05) is 42.4 Å². The molecule has 0 heterocycles. The third-order valence-electron chi connectivity index (χ3n) is 2.02. The van der Waals surface area contributed by atoms with Crippen molar-refractivity contribution in [2.75, 3.05) is 0 Å². The van der Waals surface area contributed by atoms with Crippen LogP contribution in [-0.4, -0.2) is 46.3 Å². The van der Waals surface area contributed by atoms with Gasteiger partial charge < -0.3 is 2.84 Å². The van der Waals surface area contributed by atoms with Gasteiger partial charge in [-0.05, 0) is 0 Å². The van der Waals surface area contributed by atoms with Gasteiger partial charge in [0.05, 0.1) is 0 Å². The van der Waals surface area contributed by atoms with Crippen molar-refractivity contribution in [1.82, 2.24) is 0 Å². The van der Waals surface area contributed by atoms with E-state index in [4.69, 9.17) is 2.84 Å². The lowest BCUT2D eigenvalue weighted by molar-refractivity contribution is 0.671. The van der Waals surface area contributed by atoms with E-state index in [9.17, 15) is 0 Å². The molecule has 4 heteroatoms. The van der Waals surface area contributed by atoms with Crippen molar-refractivity contribution in [1.29, 1.82) is 0 Å². The molecule has 0 aromatic carbocycles. The molecule has 0 aliphatic heterocycles. The zero-order chi connectivity index (χ0) is 9.11. The van der Waals surface area contributed by atoms with Gasteiger partial charge in [0, 0.05) is 0 Å². The molecule has 0 fully saturated rings. The lowest BCUT2D eigenvalue weighted by Gasteiger charge is -1.97. The van der Waals surface area contributed by atoms with Crippen molar-refractivity contribution in [2.24, 2.45) is 0 Å². The molecule has 0 N–H and O–H groups in total. The standard InChI is InChI=1S/3C2H5.CH3.3Al.O.3H/c3*1-2;;;;;;;;/h3*1H2,2H3;1H3;;;;;;;. The molecule has 0 atom stereocenters. The summed E-state index contributed by atoms with van der Waals surface area (Å²) in [6.07, 6.45) is 0. The minimum atomic E-state index is -0.171. The Hall–Kier alpha value is 1.56. The SMILES string of the molecule is C[CH2][Al]([CH2]C)[CH2]C.[CH3][AlH][O][AlH2]. The zero-order valence-electron chi connectivity index (χ0n) is 8.81. The summed E-state index contributed by atoms with van der Waals surface area (Å²) >= 11 is 0.766. The third kappa shape index (κ3) is 14.4. The van der Waals surface area contributed by atoms with Crippen molar-refractivity contribution in [2.45, 2.75) is 42.4 Å². The van der Waals surface area contributed by atoms with Crippen LogP contribution in [0.2, 0.25) is 21.6 Å². The molecule has 0 aromatic rings. The highest BCUT2D eigenvalue weighted by molar-refractivity contribution is 6.58. The maximum Gasteiger partial charge on any atom is 0.401 e. The van der Waals surface area contributed by atoms with Crippen LogP contribution in [0, 0.1) is 0 Å². The molecule has 0 saturated heterocycles. The molecule has 0 rings (SSSR count). The molecule has 0 spiro atoms. The van der Waals surface area contributed by atoms with Crippen LogP contribution < -0.4 is 0 Å². The Morgan fingerprint density at radius 2 is 1.45 bits per heavy atom. The minimum Gasteiger partial charge on any atom is -0.645 e. The molecule has 0 aliphatic rings. The Morgan fingerprint density at radius 1 is 1.18 bits per heavy atom. The molecule has 0 radical (unpaired) electrons. The van der Waals surface area contributed by atoms with Gasteiger partial charge in [0.2, 0.25) is 0 Å². The molecule has 0 unspecified atom stereocenters. The van der Waals surface area contributed by atoms with Crippen LogP contribution in [0.25, 0.3) is 0 Å². The highest BCUT2D eigenvalue weighted by Gasteiger charge is 2.05. The van der Waals surface area contributed by atoms with Crippen molar-refractivity contribution in [3.8, 4) is 0 Å². The van der Waals surface area contributed by atoms with Crippen molar-refractivity contribution in [3.63, 3.8) is 0 Å². The fourth-order valence-corrected chi connectivity index (χ4v) is 2.60. The Morgan fingerprint density at radius 3 is 1.45 bits per heavy atom. The first kappa shape index (κ1) is 15.0. The van der Waals surface area contributed by atoms with E-state index in [1.165, 1.54) is 15.8 Å². The Labute approximate surface area is 91.1 Å². The van der Waals surface area contributed by atoms with E-state index in [2.05, 4.69) is 26.6 Å².